The van der Waals surface area contributed by atoms with E-state index in [1.54, 1.807) is 0 Å². The summed E-state index contributed by atoms with van der Waals surface area (Å²) < 4.78 is 0. The lowest BCUT2D eigenvalue weighted by Gasteiger charge is -2.26. The van der Waals surface area contributed by atoms with E-state index >= 15 is 0 Å². The van der Waals surface area contributed by atoms with Gasteiger partial charge >= 0.3 is 0 Å². The molecule has 2 aromatic carbocycles. The van der Waals surface area contributed by atoms with Gasteiger partial charge in [0.1, 0.15) is 0 Å². The standard InChI is InChI=1S/C17H22N4/c1-2-19-17(20-18)21(13-15-9-5-3-6-10-15)14-16-11-7-4-8-12-16/h3-12H,2,13-14,18H2,1H3,(H,19,20). The fourth-order valence-electron chi connectivity index (χ4n) is 2.20. The molecule has 0 fully saturated rings. The lowest BCUT2D eigenvalue weighted by Crippen LogP contribution is -2.44. The van der Waals surface area contributed by atoms with Gasteiger partial charge in [0.25, 0.3) is 0 Å². The fraction of sp³-hybridized carbons (Fsp3) is 0.235. The molecule has 0 saturated carbocycles. The molecular formula is C17H22N4. The van der Waals surface area contributed by atoms with Crippen LogP contribution in [0.2, 0.25) is 0 Å². The SMILES string of the molecule is CCN=C(NN)N(Cc1ccccc1)Cc1ccccc1. The van der Waals surface area contributed by atoms with Gasteiger partial charge in [0.2, 0.25) is 5.96 Å². The number of guanidine groups is 1. The molecule has 0 bridgehead atoms. The topological polar surface area (TPSA) is 53.6 Å². The molecule has 0 aromatic heterocycles. The number of aliphatic imine (C=N–C) groups is 1. The van der Waals surface area contributed by atoms with Gasteiger partial charge in [-0.3, -0.25) is 10.4 Å². The van der Waals surface area contributed by atoms with Crippen molar-refractivity contribution in [3.63, 3.8) is 0 Å². The smallest absolute Gasteiger partial charge is 0.208 e. The van der Waals surface area contributed by atoms with E-state index in [-0.39, 0.29) is 0 Å². The molecule has 0 heterocycles. The molecule has 0 aliphatic rings. The number of hydrogen-bond acceptors (Lipinski definition) is 2. The molecular weight excluding hydrogens is 260 g/mol. The zero-order valence-electron chi connectivity index (χ0n) is 12.4. The van der Waals surface area contributed by atoms with E-state index in [1.165, 1.54) is 11.1 Å². The van der Waals surface area contributed by atoms with E-state index in [9.17, 15) is 0 Å². The summed E-state index contributed by atoms with van der Waals surface area (Å²) in [5.41, 5.74) is 5.18. The summed E-state index contributed by atoms with van der Waals surface area (Å²) in [5, 5.41) is 0. The largest absolute Gasteiger partial charge is 0.333 e. The maximum Gasteiger partial charge on any atom is 0.208 e. The Bertz CT molecular complexity index is 510. The Morgan fingerprint density at radius 2 is 1.43 bits per heavy atom. The average Bonchev–Trinajstić information content (AvgIpc) is 2.54. The molecule has 3 N–H and O–H groups in total. The maximum absolute atomic E-state index is 5.64. The number of rotatable bonds is 5. The van der Waals surface area contributed by atoms with Crippen molar-refractivity contribution in [2.24, 2.45) is 10.8 Å². The van der Waals surface area contributed by atoms with Crippen molar-refractivity contribution in [2.75, 3.05) is 6.54 Å². The Labute approximate surface area is 126 Å². The van der Waals surface area contributed by atoms with Crippen LogP contribution in [0, 0.1) is 0 Å². The van der Waals surface area contributed by atoms with Crippen LogP contribution in [-0.2, 0) is 13.1 Å². The Balaban J connectivity index is 2.19. The molecule has 0 unspecified atom stereocenters. The molecule has 4 nitrogen and oxygen atoms in total. The van der Waals surface area contributed by atoms with Crippen LogP contribution in [0.5, 0.6) is 0 Å². The van der Waals surface area contributed by atoms with Crippen molar-refractivity contribution >= 4 is 5.96 Å². The first kappa shape index (κ1) is 15.1. The third-order valence-electron chi connectivity index (χ3n) is 3.17. The van der Waals surface area contributed by atoms with E-state index in [4.69, 9.17) is 5.84 Å². The van der Waals surface area contributed by atoms with Crippen molar-refractivity contribution < 1.29 is 0 Å². The van der Waals surface area contributed by atoms with Crippen LogP contribution in [0.15, 0.2) is 65.7 Å². The summed E-state index contributed by atoms with van der Waals surface area (Å²) in [6, 6.07) is 20.7. The fourth-order valence-corrected chi connectivity index (χ4v) is 2.20. The minimum absolute atomic E-state index is 0.694. The van der Waals surface area contributed by atoms with E-state index < -0.39 is 0 Å². The number of hydrazine groups is 1. The van der Waals surface area contributed by atoms with Gasteiger partial charge in [-0.1, -0.05) is 60.7 Å². The first-order valence-corrected chi connectivity index (χ1v) is 7.17. The van der Waals surface area contributed by atoms with Crippen LogP contribution in [0.4, 0.5) is 0 Å². The summed E-state index contributed by atoms with van der Waals surface area (Å²) >= 11 is 0. The molecule has 0 radical (unpaired) electrons. The Kier molecular flexibility index (Phi) is 5.79. The highest BCUT2D eigenvalue weighted by Gasteiger charge is 2.11. The average molecular weight is 282 g/mol. The second kappa shape index (κ2) is 8.07. The third kappa shape index (κ3) is 4.61. The summed E-state index contributed by atoms with van der Waals surface area (Å²) in [7, 11) is 0. The first-order valence-electron chi connectivity index (χ1n) is 7.17. The lowest BCUT2D eigenvalue weighted by atomic mass is 10.2. The molecule has 0 amide bonds. The normalized spacial score (nSPS) is 11.2. The second-order valence-corrected chi connectivity index (χ2v) is 4.77. The van der Waals surface area contributed by atoms with E-state index in [0.717, 1.165) is 13.1 Å². The summed E-state index contributed by atoms with van der Waals surface area (Å²) in [6.45, 7) is 4.22. The third-order valence-corrected chi connectivity index (χ3v) is 3.17. The molecule has 110 valence electrons. The Morgan fingerprint density at radius 1 is 0.952 bits per heavy atom. The highest BCUT2D eigenvalue weighted by molar-refractivity contribution is 5.79. The van der Waals surface area contributed by atoms with Gasteiger partial charge < -0.3 is 4.90 Å². The Morgan fingerprint density at radius 3 is 1.81 bits per heavy atom. The minimum atomic E-state index is 0.694. The van der Waals surface area contributed by atoms with Gasteiger partial charge in [0.15, 0.2) is 0 Å². The first-order chi connectivity index (χ1) is 10.3. The van der Waals surface area contributed by atoms with Gasteiger partial charge in [-0.2, -0.15) is 0 Å². The molecule has 4 heteroatoms. The summed E-state index contributed by atoms with van der Waals surface area (Å²) in [4.78, 5) is 6.59. The zero-order chi connectivity index (χ0) is 14.9. The van der Waals surface area contributed by atoms with E-state index in [2.05, 4.69) is 39.6 Å². The van der Waals surface area contributed by atoms with Crippen molar-refractivity contribution in [3.05, 3.63) is 71.8 Å². The number of nitrogens with two attached hydrogens (primary N) is 1. The predicted molar refractivity (Wildman–Crippen MR) is 87.4 cm³/mol. The van der Waals surface area contributed by atoms with Crippen molar-refractivity contribution in [3.8, 4) is 0 Å². The zero-order valence-corrected chi connectivity index (χ0v) is 12.4. The van der Waals surface area contributed by atoms with E-state index in [1.807, 2.05) is 43.3 Å². The lowest BCUT2D eigenvalue weighted by molar-refractivity contribution is 0.390. The number of nitrogens with one attached hydrogen (secondary N) is 1. The highest BCUT2D eigenvalue weighted by atomic mass is 15.4. The Hall–Kier alpha value is -2.33. The number of benzene rings is 2. The quantitative estimate of drug-likeness (QED) is 0.383. The molecule has 0 aliphatic heterocycles. The van der Waals surface area contributed by atoms with Crippen LogP contribution in [-0.4, -0.2) is 17.4 Å². The van der Waals surface area contributed by atoms with Gasteiger partial charge in [-0.25, -0.2) is 5.84 Å². The molecule has 0 spiro atoms. The molecule has 2 rings (SSSR count). The predicted octanol–water partition coefficient (Wildman–Crippen LogP) is 2.53. The van der Waals surface area contributed by atoms with Gasteiger partial charge in [-0.05, 0) is 18.1 Å². The molecule has 21 heavy (non-hydrogen) atoms. The number of hydrogen-bond donors (Lipinski definition) is 2. The van der Waals surface area contributed by atoms with Gasteiger partial charge in [0, 0.05) is 19.6 Å². The molecule has 0 saturated heterocycles. The van der Waals surface area contributed by atoms with Crippen molar-refractivity contribution in [1.29, 1.82) is 0 Å². The molecule has 2 aromatic rings. The van der Waals surface area contributed by atoms with Crippen LogP contribution in [0.3, 0.4) is 0 Å². The maximum atomic E-state index is 5.64. The van der Waals surface area contributed by atoms with Crippen molar-refractivity contribution in [2.45, 2.75) is 20.0 Å². The van der Waals surface area contributed by atoms with Crippen LogP contribution < -0.4 is 11.3 Å². The monoisotopic (exact) mass is 282 g/mol. The van der Waals surface area contributed by atoms with E-state index in [0.29, 0.717) is 12.5 Å². The summed E-state index contributed by atoms with van der Waals surface area (Å²) in [6.07, 6.45) is 0. The van der Waals surface area contributed by atoms with Crippen LogP contribution >= 0.6 is 0 Å². The minimum Gasteiger partial charge on any atom is -0.333 e. The van der Waals surface area contributed by atoms with Gasteiger partial charge in [0.05, 0.1) is 0 Å². The van der Waals surface area contributed by atoms with Crippen LogP contribution in [0.25, 0.3) is 0 Å². The second-order valence-electron chi connectivity index (χ2n) is 4.77. The molecule has 0 aliphatic carbocycles. The highest BCUT2D eigenvalue weighted by Crippen LogP contribution is 2.10. The number of nitrogens with zero attached hydrogens (tertiary/aromatic N) is 2. The summed E-state index contributed by atoms with van der Waals surface area (Å²) in [5.74, 6) is 6.36. The molecule has 0 atom stereocenters. The van der Waals surface area contributed by atoms with Gasteiger partial charge in [-0.15, -0.1) is 0 Å². The van der Waals surface area contributed by atoms with Crippen LogP contribution in [0.1, 0.15) is 18.1 Å². The van der Waals surface area contributed by atoms with Crippen molar-refractivity contribution in [1.82, 2.24) is 10.3 Å².